The molecule has 0 amide bonds. The molecule has 1 saturated heterocycles. The van der Waals surface area contributed by atoms with E-state index in [0.29, 0.717) is 5.92 Å². The van der Waals surface area contributed by atoms with Gasteiger partial charge < -0.3 is 10.1 Å². The number of nitrogens with one attached hydrogen (secondary N) is 1. The van der Waals surface area contributed by atoms with Crippen LogP contribution in [0.25, 0.3) is 0 Å². The van der Waals surface area contributed by atoms with Gasteiger partial charge in [-0.1, -0.05) is 24.6 Å². The average Bonchev–Trinajstić information content (AvgIpc) is 2.40. The lowest BCUT2D eigenvalue weighted by molar-refractivity contribution is 0.248. The molecule has 2 unspecified atom stereocenters. The largest absolute Gasteiger partial charge is 0.493 e. The molecule has 1 aromatic carbocycles. The van der Waals surface area contributed by atoms with Gasteiger partial charge in [0, 0.05) is 6.04 Å². The van der Waals surface area contributed by atoms with Gasteiger partial charge in [-0.3, -0.25) is 0 Å². The van der Waals surface area contributed by atoms with Crippen molar-refractivity contribution in [1.82, 2.24) is 5.32 Å². The van der Waals surface area contributed by atoms with Gasteiger partial charge in [0.1, 0.15) is 5.75 Å². The highest BCUT2D eigenvalue weighted by Crippen LogP contribution is 2.36. The molecular formula is C15H21NO. The van der Waals surface area contributed by atoms with Gasteiger partial charge in [0.2, 0.25) is 0 Å². The van der Waals surface area contributed by atoms with E-state index >= 15 is 0 Å². The van der Waals surface area contributed by atoms with E-state index in [1.807, 2.05) is 0 Å². The lowest BCUT2D eigenvalue weighted by Crippen LogP contribution is -2.35. The van der Waals surface area contributed by atoms with E-state index in [0.717, 1.165) is 18.4 Å². The van der Waals surface area contributed by atoms with Crippen LogP contribution in [0.1, 0.15) is 43.6 Å². The van der Waals surface area contributed by atoms with Crippen molar-refractivity contribution in [3.8, 4) is 5.75 Å². The van der Waals surface area contributed by atoms with Crippen molar-refractivity contribution in [1.29, 1.82) is 0 Å². The highest BCUT2D eigenvalue weighted by atomic mass is 16.5. The third-order valence-electron chi connectivity index (χ3n) is 4.06. The topological polar surface area (TPSA) is 21.3 Å². The summed E-state index contributed by atoms with van der Waals surface area (Å²) in [7, 11) is 0. The van der Waals surface area contributed by atoms with E-state index in [-0.39, 0.29) is 0 Å². The Bertz CT molecular complexity index is 371. The Kier molecular flexibility index (Phi) is 3.32. The molecular weight excluding hydrogens is 210 g/mol. The molecule has 0 spiro atoms. The summed E-state index contributed by atoms with van der Waals surface area (Å²) in [5.41, 5.74) is 1.42. The van der Waals surface area contributed by atoms with Crippen LogP contribution in [0.2, 0.25) is 0 Å². The number of fused-ring (bicyclic) bond motifs is 1. The van der Waals surface area contributed by atoms with Crippen molar-refractivity contribution < 1.29 is 4.74 Å². The minimum Gasteiger partial charge on any atom is -0.493 e. The highest BCUT2D eigenvalue weighted by Gasteiger charge is 2.24. The monoisotopic (exact) mass is 231 g/mol. The predicted octanol–water partition coefficient (Wildman–Crippen LogP) is 3.08. The summed E-state index contributed by atoms with van der Waals surface area (Å²) in [6.07, 6.45) is 6.54. The van der Waals surface area contributed by atoms with Crippen molar-refractivity contribution in [3.05, 3.63) is 29.8 Å². The summed E-state index contributed by atoms with van der Waals surface area (Å²) >= 11 is 0. The van der Waals surface area contributed by atoms with Crippen LogP contribution in [0, 0.1) is 0 Å². The summed E-state index contributed by atoms with van der Waals surface area (Å²) in [5, 5.41) is 3.66. The summed E-state index contributed by atoms with van der Waals surface area (Å²) in [6, 6.07) is 9.27. The van der Waals surface area contributed by atoms with Gasteiger partial charge in [0.05, 0.1) is 6.61 Å². The lowest BCUT2D eigenvalue weighted by atomic mass is 9.85. The minimum atomic E-state index is 0.690. The van der Waals surface area contributed by atoms with E-state index in [1.165, 1.54) is 44.2 Å². The van der Waals surface area contributed by atoms with Crippen molar-refractivity contribution in [2.24, 2.45) is 0 Å². The molecule has 3 rings (SSSR count). The smallest absolute Gasteiger partial charge is 0.122 e. The fourth-order valence-corrected chi connectivity index (χ4v) is 3.13. The molecule has 1 N–H and O–H groups in total. The number of ether oxygens (including phenoxy) is 1. The van der Waals surface area contributed by atoms with E-state index < -0.39 is 0 Å². The predicted molar refractivity (Wildman–Crippen MR) is 69.6 cm³/mol. The molecule has 0 radical (unpaired) electrons. The molecule has 0 bridgehead atoms. The highest BCUT2D eigenvalue weighted by molar-refractivity contribution is 5.37. The van der Waals surface area contributed by atoms with Gasteiger partial charge >= 0.3 is 0 Å². The molecule has 2 aliphatic heterocycles. The molecule has 2 atom stereocenters. The third-order valence-corrected chi connectivity index (χ3v) is 4.06. The van der Waals surface area contributed by atoms with Gasteiger partial charge in [-0.05, 0) is 49.8 Å². The molecule has 92 valence electrons. The van der Waals surface area contributed by atoms with Crippen LogP contribution in [-0.2, 0) is 0 Å². The van der Waals surface area contributed by atoms with Crippen molar-refractivity contribution >= 4 is 0 Å². The maximum Gasteiger partial charge on any atom is 0.122 e. The van der Waals surface area contributed by atoms with Crippen LogP contribution in [0.3, 0.4) is 0 Å². The van der Waals surface area contributed by atoms with Gasteiger partial charge in [-0.2, -0.15) is 0 Å². The minimum absolute atomic E-state index is 0.690. The zero-order chi connectivity index (χ0) is 11.5. The Morgan fingerprint density at radius 1 is 1.18 bits per heavy atom. The Morgan fingerprint density at radius 2 is 2.12 bits per heavy atom. The quantitative estimate of drug-likeness (QED) is 0.844. The molecule has 0 aromatic heterocycles. The van der Waals surface area contributed by atoms with Crippen molar-refractivity contribution in [2.45, 2.75) is 44.1 Å². The van der Waals surface area contributed by atoms with E-state index in [4.69, 9.17) is 4.74 Å². The van der Waals surface area contributed by atoms with Crippen molar-refractivity contribution in [3.63, 3.8) is 0 Å². The van der Waals surface area contributed by atoms with Crippen LogP contribution in [0.5, 0.6) is 5.75 Å². The van der Waals surface area contributed by atoms with Crippen molar-refractivity contribution in [2.75, 3.05) is 13.2 Å². The lowest BCUT2D eigenvalue weighted by Gasteiger charge is -2.31. The molecule has 17 heavy (non-hydrogen) atoms. The number of rotatable bonds is 2. The van der Waals surface area contributed by atoms with Gasteiger partial charge in [-0.25, -0.2) is 0 Å². The molecule has 2 heteroatoms. The normalized spacial score (nSPS) is 28.2. The molecule has 2 nitrogen and oxygen atoms in total. The SMILES string of the molecule is c1ccc2c(c1)OCCC2CC1CCCCN1. The maximum absolute atomic E-state index is 5.72. The summed E-state index contributed by atoms with van der Waals surface area (Å²) < 4.78 is 5.72. The fourth-order valence-electron chi connectivity index (χ4n) is 3.13. The number of para-hydroxylation sites is 1. The standard InChI is InChI=1S/C15H21NO/c1-2-7-15-14(6-1)12(8-10-17-15)11-13-5-3-4-9-16-13/h1-2,6-7,12-13,16H,3-5,8-11H2. The maximum atomic E-state index is 5.72. The van der Waals surface area contributed by atoms with Crippen LogP contribution in [0.4, 0.5) is 0 Å². The van der Waals surface area contributed by atoms with Crippen LogP contribution in [0.15, 0.2) is 24.3 Å². The first-order chi connectivity index (χ1) is 8.43. The number of hydrogen-bond donors (Lipinski definition) is 1. The Morgan fingerprint density at radius 3 is 3.00 bits per heavy atom. The Balaban J connectivity index is 1.71. The number of hydrogen-bond acceptors (Lipinski definition) is 2. The molecule has 1 fully saturated rings. The van der Waals surface area contributed by atoms with E-state index in [2.05, 4.69) is 29.6 Å². The first kappa shape index (κ1) is 11.1. The fraction of sp³-hybridized carbons (Fsp3) is 0.600. The van der Waals surface area contributed by atoms with Crippen LogP contribution >= 0.6 is 0 Å². The number of benzene rings is 1. The van der Waals surface area contributed by atoms with Gasteiger partial charge in [0.25, 0.3) is 0 Å². The summed E-state index contributed by atoms with van der Waals surface area (Å²) in [4.78, 5) is 0. The third kappa shape index (κ3) is 2.47. The molecule has 0 saturated carbocycles. The second-order valence-corrected chi connectivity index (χ2v) is 5.25. The van der Waals surface area contributed by atoms with Gasteiger partial charge in [-0.15, -0.1) is 0 Å². The first-order valence-electron chi connectivity index (χ1n) is 6.88. The second kappa shape index (κ2) is 5.09. The molecule has 2 aliphatic rings. The van der Waals surface area contributed by atoms with Crippen LogP contribution in [-0.4, -0.2) is 19.2 Å². The first-order valence-corrected chi connectivity index (χ1v) is 6.88. The van der Waals surface area contributed by atoms with Gasteiger partial charge in [0.15, 0.2) is 0 Å². The number of piperidine rings is 1. The van der Waals surface area contributed by atoms with E-state index in [9.17, 15) is 0 Å². The zero-order valence-electron chi connectivity index (χ0n) is 10.3. The Labute approximate surface area is 103 Å². The summed E-state index contributed by atoms with van der Waals surface area (Å²) in [6.45, 7) is 2.09. The average molecular weight is 231 g/mol. The Hall–Kier alpha value is -1.02. The summed E-state index contributed by atoms with van der Waals surface area (Å²) in [5.74, 6) is 1.80. The van der Waals surface area contributed by atoms with E-state index in [1.54, 1.807) is 0 Å². The molecule has 2 heterocycles. The zero-order valence-corrected chi connectivity index (χ0v) is 10.3. The van der Waals surface area contributed by atoms with Crippen LogP contribution < -0.4 is 10.1 Å². The molecule has 1 aromatic rings. The molecule has 0 aliphatic carbocycles. The second-order valence-electron chi connectivity index (χ2n) is 5.25.